The summed E-state index contributed by atoms with van der Waals surface area (Å²) in [6, 6.07) is 8.56. The number of amides is 1. The summed E-state index contributed by atoms with van der Waals surface area (Å²) in [5.74, 6) is -0.159. The van der Waals surface area contributed by atoms with E-state index < -0.39 is 11.5 Å². The number of methoxy groups -OCH3 is 1. The first-order valence-corrected chi connectivity index (χ1v) is 7.24. The van der Waals surface area contributed by atoms with Crippen LogP contribution in [0.15, 0.2) is 36.5 Å². The van der Waals surface area contributed by atoms with Crippen LogP contribution < -0.4 is 9.64 Å². The number of anilines is 1. The first-order valence-electron chi connectivity index (χ1n) is 6.81. The molecule has 0 aliphatic heterocycles. The van der Waals surface area contributed by atoms with Crippen molar-refractivity contribution in [2.75, 3.05) is 12.0 Å². The van der Waals surface area contributed by atoms with Crippen LogP contribution in [0.25, 0.3) is 0 Å². The smallest absolute Gasteiger partial charge is 0.277 e. The Morgan fingerprint density at radius 3 is 2.64 bits per heavy atom. The number of rotatable bonds is 6. The van der Waals surface area contributed by atoms with Crippen molar-refractivity contribution in [1.82, 2.24) is 9.78 Å². The quantitative estimate of drug-likeness (QED) is 0.767. The van der Waals surface area contributed by atoms with Gasteiger partial charge in [-0.3, -0.25) is 9.48 Å². The van der Waals surface area contributed by atoms with Crippen molar-refractivity contribution in [3.05, 3.63) is 42.2 Å². The highest BCUT2D eigenvalue weighted by Gasteiger charge is 2.24. The monoisotopic (exact) mass is 325 g/mol. The number of benzene rings is 1. The lowest BCUT2D eigenvalue weighted by molar-refractivity contribution is -0.120. The fraction of sp³-hybridized carbons (Fsp3) is 0.333. The maximum atomic E-state index is 13.3. The van der Waals surface area contributed by atoms with Gasteiger partial charge in [-0.1, -0.05) is 11.6 Å². The third kappa shape index (κ3) is 3.57. The summed E-state index contributed by atoms with van der Waals surface area (Å²) in [5, 5.41) is 4.14. The molecule has 1 amide bonds. The molecule has 1 aromatic heterocycles. The summed E-state index contributed by atoms with van der Waals surface area (Å²) in [7, 11) is 1.55. The SMILES string of the molecule is CCn1nccc1CN(C(=O)C(F)Cl)c1ccc(OC)cc1. The minimum Gasteiger partial charge on any atom is -0.497 e. The molecule has 0 bridgehead atoms. The summed E-state index contributed by atoms with van der Waals surface area (Å²) in [4.78, 5) is 13.4. The maximum absolute atomic E-state index is 13.3. The Labute approximate surface area is 133 Å². The summed E-state index contributed by atoms with van der Waals surface area (Å²) in [6.45, 7) is 2.79. The van der Waals surface area contributed by atoms with E-state index in [-0.39, 0.29) is 6.54 Å². The lowest BCUT2D eigenvalue weighted by Crippen LogP contribution is -2.35. The van der Waals surface area contributed by atoms with Crippen LogP contribution in [0.4, 0.5) is 10.1 Å². The molecular weight excluding hydrogens is 309 g/mol. The summed E-state index contributed by atoms with van der Waals surface area (Å²) in [5.41, 5.74) is -0.762. The molecule has 2 aromatic rings. The number of hydrogen-bond donors (Lipinski definition) is 0. The molecule has 1 atom stereocenters. The zero-order valence-corrected chi connectivity index (χ0v) is 13.1. The summed E-state index contributed by atoms with van der Waals surface area (Å²) >= 11 is 5.34. The Balaban J connectivity index is 2.31. The molecule has 1 unspecified atom stereocenters. The van der Waals surface area contributed by atoms with Crippen LogP contribution in [0, 0.1) is 0 Å². The van der Waals surface area contributed by atoms with E-state index >= 15 is 0 Å². The van der Waals surface area contributed by atoms with Crippen molar-refractivity contribution in [1.29, 1.82) is 0 Å². The van der Waals surface area contributed by atoms with Gasteiger partial charge in [-0.05, 0) is 37.3 Å². The molecule has 7 heteroatoms. The average Bonchev–Trinajstić information content (AvgIpc) is 2.99. The highest BCUT2D eigenvalue weighted by atomic mass is 35.5. The molecule has 22 heavy (non-hydrogen) atoms. The zero-order valence-electron chi connectivity index (χ0n) is 12.4. The fourth-order valence-corrected chi connectivity index (χ4v) is 2.24. The summed E-state index contributed by atoms with van der Waals surface area (Å²) < 4.78 is 20.1. The second-order valence-corrected chi connectivity index (χ2v) is 4.94. The summed E-state index contributed by atoms with van der Waals surface area (Å²) in [6.07, 6.45) is 1.64. The van der Waals surface area contributed by atoms with Crippen LogP contribution in [0.3, 0.4) is 0 Å². The van der Waals surface area contributed by atoms with Gasteiger partial charge in [-0.15, -0.1) is 0 Å². The Morgan fingerprint density at radius 1 is 1.41 bits per heavy atom. The van der Waals surface area contributed by atoms with Gasteiger partial charge in [-0.2, -0.15) is 5.10 Å². The molecule has 0 spiro atoms. The van der Waals surface area contributed by atoms with Gasteiger partial charge in [0.25, 0.3) is 11.5 Å². The van der Waals surface area contributed by atoms with Crippen LogP contribution >= 0.6 is 11.6 Å². The lowest BCUT2D eigenvalue weighted by atomic mass is 10.2. The lowest BCUT2D eigenvalue weighted by Gasteiger charge is -2.23. The Kier molecular flexibility index (Phi) is 5.38. The number of carbonyl (C=O) groups excluding carboxylic acids is 1. The van der Waals surface area contributed by atoms with Crippen molar-refractivity contribution in [2.24, 2.45) is 0 Å². The number of alkyl halides is 2. The number of ether oxygens (including phenoxy) is 1. The molecule has 0 aliphatic rings. The molecule has 118 valence electrons. The van der Waals surface area contributed by atoms with Gasteiger partial charge in [0, 0.05) is 18.4 Å². The van der Waals surface area contributed by atoms with Gasteiger partial charge in [0.1, 0.15) is 5.75 Å². The van der Waals surface area contributed by atoms with E-state index in [2.05, 4.69) is 5.10 Å². The normalized spacial score (nSPS) is 12.0. The molecule has 1 aromatic carbocycles. The van der Waals surface area contributed by atoms with E-state index in [1.807, 2.05) is 6.92 Å². The maximum Gasteiger partial charge on any atom is 0.277 e. The molecule has 0 fully saturated rings. The van der Waals surface area contributed by atoms with E-state index in [4.69, 9.17) is 16.3 Å². The van der Waals surface area contributed by atoms with Crippen molar-refractivity contribution in [3.8, 4) is 5.75 Å². The number of nitrogens with zero attached hydrogens (tertiary/aromatic N) is 3. The van der Waals surface area contributed by atoms with Gasteiger partial charge < -0.3 is 9.64 Å². The number of aryl methyl sites for hydroxylation is 1. The molecule has 0 saturated carbocycles. The Hall–Kier alpha value is -2.08. The predicted molar refractivity (Wildman–Crippen MR) is 82.8 cm³/mol. The van der Waals surface area contributed by atoms with Crippen molar-refractivity contribution >= 4 is 23.2 Å². The van der Waals surface area contributed by atoms with Crippen LogP contribution in [0.1, 0.15) is 12.6 Å². The van der Waals surface area contributed by atoms with E-state index in [1.165, 1.54) is 4.90 Å². The van der Waals surface area contributed by atoms with Gasteiger partial charge in [0.15, 0.2) is 0 Å². The van der Waals surface area contributed by atoms with Crippen molar-refractivity contribution < 1.29 is 13.9 Å². The fourth-order valence-electron chi connectivity index (χ4n) is 2.12. The van der Waals surface area contributed by atoms with Gasteiger partial charge in [-0.25, -0.2) is 4.39 Å². The van der Waals surface area contributed by atoms with Gasteiger partial charge >= 0.3 is 0 Å². The minimum atomic E-state index is -2.10. The van der Waals surface area contributed by atoms with Gasteiger partial charge in [0.05, 0.1) is 19.3 Å². The second-order valence-electron chi connectivity index (χ2n) is 4.56. The Morgan fingerprint density at radius 2 is 2.09 bits per heavy atom. The molecule has 5 nitrogen and oxygen atoms in total. The van der Waals surface area contributed by atoms with E-state index in [0.29, 0.717) is 18.0 Å². The third-order valence-corrected chi connectivity index (χ3v) is 3.45. The largest absolute Gasteiger partial charge is 0.497 e. The number of halogens is 2. The third-order valence-electron chi connectivity index (χ3n) is 3.26. The molecular formula is C15H17ClFN3O2. The standard InChI is InChI=1S/C15H17ClFN3O2/c1-3-20-12(8-9-18-20)10-19(15(21)14(16)17)11-4-6-13(22-2)7-5-11/h4-9,14H,3,10H2,1-2H3. The van der Waals surface area contributed by atoms with Crippen LogP contribution in [0.2, 0.25) is 0 Å². The van der Waals surface area contributed by atoms with Crippen LogP contribution in [0.5, 0.6) is 5.75 Å². The van der Waals surface area contributed by atoms with Crippen molar-refractivity contribution in [3.63, 3.8) is 0 Å². The molecule has 0 aliphatic carbocycles. The van der Waals surface area contributed by atoms with E-state index in [0.717, 1.165) is 5.69 Å². The first kappa shape index (κ1) is 16.3. The molecule has 0 N–H and O–H groups in total. The minimum absolute atomic E-state index is 0.187. The second kappa shape index (κ2) is 7.26. The van der Waals surface area contributed by atoms with Crippen LogP contribution in [-0.2, 0) is 17.9 Å². The molecule has 2 rings (SSSR count). The highest BCUT2D eigenvalue weighted by molar-refractivity contribution is 6.31. The number of carbonyl (C=O) groups is 1. The number of aromatic nitrogens is 2. The molecule has 0 radical (unpaired) electrons. The van der Waals surface area contributed by atoms with E-state index in [9.17, 15) is 9.18 Å². The Bertz CT molecular complexity index is 628. The van der Waals surface area contributed by atoms with Crippen molar-refractivity contribution in [2.45, 2.75) is 25.6 Å². The van der Waals surface area contributed by atoms with E-state index in [1.54, 1.807) is 48.3 Å². The van der Waals surface area contributed by atoms with Gasteiger partial charge in [0.2, 0.25) is 0 Å². The van der Waals surface area contributed by atoms with Crippen LogP contribution in [-0.4, -0.2) is 28.4 Å². The molecule has 1 heterocycles. The topological polar surface area (TPSA) is 47.4 Å². The average molecular weight is 326 g/mol. The molecule has 0 saturated heterocycles. The zero-order chi connectivity index (χ0) is 16.1. The predicted octanol–water partition coefficient (Wildman–Crippen LogP) is 2.98. The number of hydrogen-bond acceptors (Lipinski definition) is 3. The highest BCUT2D eigenvalue weighted by Crippen LogP contribution is 2.23. The first-order chi connectivity index (χ1) is 10.6.